The largest absolute Gasteiger partial charge is 0.381 e. The van der Waals surface area contributed by atoms with Crippen molar-refractivity contribution in [3.8, 4) is 11.4 Å². The molecule has 0 radical (unpaired) electrons. The van der Waals surface area contributed by atoms with E-state index in [1.807, 2.05) is 43.6 Å². The number of carbonyl (C=O) groups is 1. The number of rotatable bonds is 7. The van der Waals surface area contributed by atoms with Gasteiger partial charge in [-0.25, -0.2) is 14.6 Å². The SMILES string of the molecule is Cc1cccc2c(-c3cn(Cc4ccn(CC(=O)C[C@H]5CCOC5)n4)nn3)nc(N)nc12. The van der Waals surface area contributed by atoms with Crippen LogP contribution in [0.3, 0.4) is 0 Å². The van der Waals surface area contributed by atoms with Gasteiger partial charge in [0, 0.05) is 31.2 Å². The molecule has 2 N–H and O–H groups in total. The minimum atomic E-state index is 0.168. The average molecular weight is 432 g/mol. The van der Waals surface area contributed by atoms with Crippen molar-refractivity contribution in [2.24, 2.45) is 5.92 Å². The lowest BCUT2D eigenvalue weighted by atomic mass is 10.0. The molecule has 32 heavy (non-hydrogen) atoms. The second kappa shape index (κ2) is 8.46. The van der Waals surface area contributed by atoms with Gasteiger partial charge in [-0.2, -0.15) is 5.10 Å². The number of benzene rings is 1. The first-order chi connectivity index (χ1) is 15.5. The molecule has 1 atom stereocenters. The van der Waals surface area contributed by atoms with E-state index in [-0.39, 0.29) is 18.3 Å². The van der Waals surface area contributed by atoms with Crippen molar-refractivity contribution in [2.75, 3.05) is 18.9 Å². The maximum atomic E-state index is 12.3. The second-order valence-electron chi connectivity index (χ2n) is 8.18. The fourth-order valence-corrected chi connectivity index (χ4v) is 4.05. The highest BCUT2D eigenvalue weighted by Gasteiger charge is 2.19. The summed E-state index contributed by atoms with van der Waals surface area (Å²) < 4.78 is 8.71. The van der Waals surface area contributed by atoms with Gasteiger partial charge in [0.2, 0.25) is 5.95 Å². The molecule has 1 saturated heterocycles. The van der Waals surface area contributed by atoms with Gasteiger partial charge in [0.15, 0.2) is 5.78 Å². The Morgan fingerprint density at radius 2 is 2.16 bits per heavy atom. The Bertz CT molecular complexity index is 1270. The Morgan fingerprint density at radius 3 is 3.00 bits per heavy atom. The molecule has 0 saturated carbocycles. The monoisotopic (exact) mass is 432 g/mol. The number of ketones is 1. The number of aryl methyl sites for hydroxylation is 1. The van der Waals surface area contributed by atoms with Crippen LogP contribution in [0.2, 0.25) is 0 Å². The third-order valence-electron chi connectivity index (χ3n) is 5.63. The smallest absolute Gasteiger partial charge is 0.221 e. The van der Waals surface area contributed by atoms with E-state index in [2.05, 4.69) is 25.4 Å². The third-order valence-corrected chi connectivity index (χ3v) is 5.63. The molecule has 1 aromatic carbocycles. The Kier molecular flexibility index (Phi) is 5.36. The number of aromatic nitrogens is 7. The Labute approximate surface area is 184 Å². The molecule has 0 bridgehead atoms. The first-order valence-corrected chi connectivity index (χ1v) is 10.6. The summed E-state index contributed by atoms with van der Waals surface area (Å²) in [6.07, 6.45) is 5.13. The molecule has 164 valence electrons. The summed E-state index contributed by atoms with van der Waals surface area (Å²) in [5, 5.41) is 13.9. The maximum Gasteiger partial charge on any atom is 0.221 e. The van der Waals surface area contributed by atoms with Gasteiger partial charge in [0.05, 0.1) is 30.5 Å². The van der Waals surface area contributed by atoms with Crippen LogP contribution in [0.1, 0.15) is 24.1 Å². The standard InChI is InChI=1S/C22H24N8O2/c1-14-3-2-4-18-20(14)24-22(23)25-21(18)19-12-30(28-26-19)10-16-5-7-29(27-16)11-17(31)9-15-6-8-32-13-15/h2-5,7,12,15H,6,8-11,13H2,1H3,(H2,23,24,25)/t15-/m1/s1. The molecule has 4 heterocycles. The van der Waals surface area contributed by atoms with Crippen LogP contribution in [0.4, 0.5) is 5.95 Å². The summed E-state index contributed by atoms with van der Waals surface area (Å²) in [5.41, 5.74) is 9.81. The lowest BCUT2D eigenvalue weighted by Crippen LogP contribution is -2.15. The van der Waals surface area contributed by atoms with Crippen LogP contribution in [0, 0.1) is 12.8 Å². The number of nitrogen functional groups attached to an aromatic ring is 1. The molecular formula is C22H24N8O2. The number of nitrogens with zero attached hydrogens (tertiary/aromatic N) is 7. The van der Waals surface area contributed by atoms with E-state index in [1.165, 1.54) is 0 Å². The molecule has 1 fully saturated rings. The zero-order valence-electron chi connectivity index (χ0n) is 17.8. The van der Waals surface area contributed by atoms with E-state index < -0.39 is 0 Å². The van der Waals surface area contributed by atoms with E-state index in [4.69, 9.17) is 10.5 Å². The third kappa shape index (κ3) is 4.22. The number of hydrogen-bond donors (Lipinski definition) is 1. The second-order valence-corrected chi connectivity index (χ2v) is 8.18. The van der Waals surface area contributed by atoms with Crippen LogP contribution in [0.15, 0.2) is 36.7 Å². The Hall–Kier alpha value is -3.66. The van der Waals surface area contributed by atoms with E-state index in [1.54, 1.807) is 9.36 Å². The van der Waals surface area contributed by atoms with E-state index in [0.717, 1.165) is 35.2 Å². The lowest BCUT2D eigenvalue weighted by molar-refractivity contribution is -0.120. The van der Waals surface area contributed by atoms with Crippen LogP contribution in [-0.4, -0.2) is 53.7 Å². The van der Waals surface area contributed by atoms with Crippen molar-refractivity contribution in [2.45, 2.75) is 32.9 Å². The summed E-state index contributed by atoms with van der Waals surface area (Å²) in [6, 6.07) is 7.78. The average Bonchev–Trinajstić information content (AvgIpc) is 3.52. The van der Waals surface area contributed by atoms with Crippen molar-refractivity contribution in [1.29, 1.82) is 0 Å². The van der Waals surface area contributed by atoms with Crippen molar-refractivity contribution in [1.82, 2.24) is 34.7 Å². The van der Waals surface area contributed by atoms with E-state index in [0.29, 0.717) is 36.9 Å². The Morgan fingerprint density at radius 1 is 1.25 bits per heavy atom. The van der Waals surface area contributed by atoms with Crippen LogP contribution < -0.4 is 5.73 Å². The summed E-state index contributed by atoms with van der Waals surface area (Å²) in [4.78, 5) is 21.0. The van der Waals surface area contributed by atoms with Crippen molar-refractivity contribution in [3.63, 3.8) is 0 Å². The summed E-state index contributed by atoms with van der Waals surface area (Å²) >= 11 is 0. The molecule has 0 spiro atoms. The van der Waals surface area contributed by atoms with E-state index >= 15 is 0 Å². The van der Waals surface area contributed by atoms with Gasteiger partial charge in [-0.1, -0.05) is 23.4 Å². The predicted molar refractivity (Wildman–Crippen MR) is 118 cm³/mol. The van der Waals surface area contributed by atoms with Crippen LogP contribution in [0.5, 0.6) is 0 Å². The molecule has 1 aliphatic heterocycles. The molecule has 1 aliphatic rings. The number of para-hydroxylation sites is 1. The topological polar surface area (TPSA) is 127 Å². The van der Waals surface area contributed by atoms with Gasteiger partial charge in [-0.15, -0.1) is 5.10 Å². The van der Waals surface area contributed by atoms with Crippen LogP contribution >= 0.6 is 0 Å². The minimum absolute atomic E-state index is 0.168. The summed E-state index contributed by atoms with van der Waals surface area (Å²) in [6.45, 7) is 4.11. The van der Waals surface area contributed by atoms with E-state index in [9.17, 15) is 4.79 Å². The fraction of sp³-hybridized carbons (Fsp3) is 0.364. The highest BCUT2D eigenvalue weighted by atomic mass is 16.5. The quantitative estimate of drug-likeness (QED) is 0.470. The molecule has 5 rings (SSSR count). The molecule has 10 nitrogen and oxygen atoms in total. The predicted octanol–water partition coefficient (Wildman–Crippen LogP) is 2.02. The molecule has 0 amide bonds. The first kappa shape index (κ1) is 20.3. The van der Waals surface area contributed by atoms with Crippen LogP contribution in [-0.2, 0) is 22.6 Å². The first-order valence-electron chi connectivity index (χ1n) is 10.6. The fourth-order valence-electron chi connectivity index (χ4n) is 4.05. The van der Waals surface area contributed by atoms with Gasteiger partial charge >= 0.3 is 0 Å². The number of hydrogen-bond acceptors (Lipinski definition) is 8. The van der Waals surface area contributed by atoms with Gasteiger partial charge in [-0.05, 0) is 30.9 Å². The highest BCUT2D eigenvalue weighted by Crippen LogP contribution is 2.27. The summed E-state index contributed by atoms with van der Waals surface area (Å²) in [7, 11) is 0. The minimum Gasteiger partial charge on any atom is -0.381 e. The molecule has 10 heteroatoms. The van der Waals surface area contributed by atoms with Crippen molar-refractivity contribution in [3.05, 3.63) is 47.9 Å². The van der Waals surface area contributed by atoms with Gasteiger partial charge in [-0.3, -0.25) is 9.48 Å². The van der Waals surface area contributed by atoms with Gasteiger partial charge in [0.25, 0.3) is 0 Å². The van der Waals surface area contributed by atoms with Crippen molar-refractivity contribution < 1.29 is 9.53 Å². The molecule has 3 aromatic heterocycles. The number of fused-ring (bicyclic) bond motifs is 1. The molecule has 0 aliphatic carbocycles. The normalized spacial score (nSPS) is 16.1. The number of ether oxygens (including phenoxy) is 1. The van der Waals surface area contributed by atoms with Crippen molar-refractivity contribution >= 4 is 22.6 Å². The zero-order chi connectivity index (χ0) is 22.1. The van der Waals surface area contributed by atoms with Crippen LogP contribution in [0.25, 0.3) is 22.3 Å². The molecular weight excluding hydrogens is 408 g/mol. The maximum absolute atomic E-state index is 12.3. The zero-order valence-corrected chi connectivity index (χ0v) is 17.8. The number of Topliss-reactive ketones (excluding diaryl/α,β-unsaturated/α-hetero) is 1. The number of anilines is 1. The van der Waals surface area contributed by atoms with Gasteiger partial charge < -0.3 is 10.5 Å². The lowest BCUT2D eigenvalue weighted by Gasteiger charge is -2.06. The molecule has 4 aromatic rings. The highest BCUT2D eigenvalue weighted by molar-refractivity contribution is 5.93. The summed E-state index contributed by atoms with van der Waals surface area (Å²) in [5.74, 6) is 0.701. The number of nitrogens with two attached hydrogens (primary N) is 1. The Balaban J connectivity index is 1.30. The van der Waals surface area contributed by atoms with Gasteiger partial charge in [0.1, 0.15) is 11.4 Å². The number of carbonyl (C=O) groups excluding carboxylic acids is 1. The molecule has 0 unspecified atom stereocenters.